The van der Waals surface area contributed by atoms with E-state index in [1.165, 1.54) is 22.1 Å². The first-order valence-electron chi connectivity index (χ1n) is 8.18. The number of hydrogen-bond acceptors (Lipinski definition) is 6. The molecule has 4 rings (SSSR count). The Hall–Kier alpha value is -3.85. The van der Waals surface area contributed by atoms with Crippen LogP contribution in [-0.4, -0.2) is 30.9 Å². The van der Waals surface area contributed by atoms with Crippen LogP contribution in [-0.2, 0) is 0 Å². The minimum absolute atomic E-state index is 0.0367. The maximum Gasteiger partial charge on any atom is 0.274 e. The van der Waals surface area contributed by atoms with Crippen molar-refractivity contribution in [2.75, 3.05) is 5.32 Å². The standard InChI is InChI=1S/C19H14N4O4S/c24-12-7-5-11(6-8-12)15-10-28-19(21-15)23-17(26)9-14(22-23)18(27)20-13-3-1-2-4-16(13)25/h1-10,22,24-25H,(H,20,27). The summed E-state index contributed by atoms with van der Waals surface area (Å²) in [6, 6.07) is 14.0. The number of anilines is 1. The number of aromatic hydroxyl groups is 2. The second-order valence-electron chi connectivity index (χ2n) is 5.88. The molecule has 0 saturated heterocycles. The molecular weight excluding hydrogens is 380 g/mol. The third kappa shape index (κ3) is 3.38. The molecule has 0 bridgehead atoms. The summed E-state index contributed by atoms with van der Waals surface area (Å²) < 4.78 is 1.17. The molecule has 28 heavy (non-hydrogen) atoms. The van der Waals surface area contributed by atoms with Crippen molar-refractivity contribution in [1.29, 1.82) is 0 Å². The van der Waals surface area contributed by atoms with Crippen LogP contribution < -0.4 is 10.9 Å². The number of benzene rings is 2. The number of rotatable bonds is 4. The van der Waals surface area contributed by atoms with Gasteiger partial charge in [-0.15, -0.1) is 11.3 Å². The molecule has 0 aliphatic carbocycles. The van der Waals surface area contributed by atoms with Crippen molar-refractivity contribution in [3.8, 4) is 27.9 Å². The van der Waals surface area contributed by atoms with Gasteiger partial charge in [-0.25, -0.2) is 4.98 Å². The van der Waals surface area contributed by atoms with Gasteiger partial charge < -0.3 is 15.5 Å². The summed E-state index contributed by atoms with van der Waals surface area (Å²) >= 11 is 1.23. The number of aromatic nitrogens is 3. The van der Waals surface area contributed by atoms with Crippen molar-refractivity contribution >= 4 is 22.9 Å². The van der Waals surface area contributed by atoms with Crippen molar-refractivity contribution in [2.45, 2.75) is 0 Å². The van der Waals surface area contributed by atoms with Crippen LogP contribution in [0.3, 0.4) is 0 Å². The van der Waals surface area contributed by atoms with E-state index in [9.17, 15) is 19.8 Å². The quantitative estimate of drug-likeness (QED) is 0.397. The Kier molecular flexibility index (Phi) is 4.42. The minimum atomic E-state index is -0.562. The molecule has 0 radical (unpaired) electrons. The molecule has 2 heterocycles. The molecule has 0 saturated carbocycles. The van der Waals surface area contributed by atoms with Gasteiger partial charge in [-0.05, 0) is 36.4 Å². The van der Waals surface area contributed by atoms with Gasteiger partial charge >= 0.3 is 0 Å². The Labute approximate surface area is 162 Å². The maximum absolute atomic E-state index is 12.4. The minimum Gasteiger partial charge on any atom is -0.508 e. The lowest BCUT2D eigenvalue weighted by Gasteiger charge is -2.05. The monoisotopic (exact) mass is 394 g/mol. The molecule has 0 atom stereocenters. The number of phenols is 2. The van der Waals surface area contributed by atoms with Crippen LogP contribution in [0.2, 0.25) is 0 Å². The molecule has 4 N–H and O–H groups in total. The van der Waals surface area contributed by atoms with Crippen molar-refractivity contribution in [3.63, 3.8) is 0 Å². The molecule has 0 spiro atoms. The summed E-state index contributed by atoms with van der Waals surface area (Å²) in [5.41, 5.74) is 1.27. The largest absolute Gasteiger partial charge is 0.508 e. The lowest BCUT2D eigenvalue weighted by Crippen LogP contribution is -2.14. The second kappa shape index (κ2) is 7.05. The molecular formula is C19H14N4O4S. The highest BCUT2D eigenvalue weighted by molar-refractivity contribution is 7.12. The highest BCUT2D eigenvalue weighted by Gasteiger charge is 2.16. The summed E-state index contributed by atoms with van der Waals surface area (Å²) in [5, 5.41) is 26.6. The third-order valence-electron chi connectivity index (χ3n) is 3.96. The van der Waals surface area contributed by atoms with Crippen molar-refractivity contribution in [3.05, 3.63) is 76.0 Å². The SMILES string of the molecule is O=C(Nc1ccccc1O)c1cc(=O)n(-c2nc(-c3ccc(O)cc3)cs2)[nH]1. The van der Waals surface area contributed by atoms with Gasteiger partial charge in [-0.1, -0.05) is 12.1 Å². The van der Waals surface area contributed by atoms with E-state index in [2.05, 4.69) is 15.4 Å². The van der Waals surface area contributed by atoms with Crippen LogP contribution >= 0.6 is 11.3 Å². The number of carbonyl (C=O) groups is 1. The van der Waals surface area contributed by atoms with Crippen molar-refractivity contribution in [2.24, 2.45) is 0 Å². The Bertz CT molecular complexity index is 1210. The molecule has 140 valence electrons. The first-order valence-corrected chi connectivity index (χ1v) is 9.06. The highest BCUT2D eigenvalue weighted by Crippen LogP contribution is 2.25. The van der Waals surface area contributed by atoms with Crippen molar-refractivity contribution in [1.82, 2.24) is 14.8 Å². The molecule has 0 fully saturated rings. The average Bonchev–Trinajstić information content (AvgIpc) is 3.31. The smallest absolute Gasteiger partial charge is 0.274 e. The molecule has 0 unspecified atom stereocenters. The number of amides is 1. The van der Waals surface area contributed by atoms with Gasteiger partial charge in [0.25, 0.3) is 11.5 Å². The zero-order valence-corrected chi connectivity index (χ0v) is 15.1. The third-order valence-corrected chi connectivity index (χ3v) is 4.79. The van der Waals surface area contributed by atoms with E-state index in [1.807, 2.05) is 0 Å². The number of phenolic OH excluding ortho intramolecular Hbond substituents is 2. The van der Waals surface area contributed by atoms with Gasteiger partial charge in [-0.3, -0.25) is 14.7 Å². The molecule has 4 aromatic rings. The summed E-state index contributed by atoms with van der Waals surface area (Å²) in [5.74, 6) is -0.483. The number of aromatic amines is 1. The van der Waals surface area contributed by atoms with Gasteiger partial charge in [0.15, 0.2) is 0 Å². The number of nitrogens with zero attached hydrogens (tertiary/aromatic N) is 2. The summed E-state index contributed by atoms with van der Waals surface area (Å²) in [6.07, 6.45) is 0. The zero-order valence-electron chi connectivity index (χ0n) is 14.3. The van der Waals surface area contributed by atoms with E-state index in [0.717, 1.165) is 11.6 Å². The van der Waals surface area contributed by atoms with E-state index < -0.39 is 11.5 Å². The fraction of sp³-hybridized carbons (Fsp3) is 0. The Balaban J connectivity index is 1.60. The Morgan fingerprint density at radius 1 is 1.11 bits per heavy atom. The zero-order chi connectivity index (χ0) is 19.7. The first kappa shape index (κ1) is 17.6. The number of hydrogen-bond donors (Lipinski definition) is 4. The molecule has 1 amide bonds. The predicted molar refractivity (Wildman–Crippen MR) is 105 cm³/mol. The van der Waals surface area contributed by atoms with Crippen LogP contribution in [0, 0.1) is 0 Å². The van der Waals surface area contributed by atoms with Crippen LogP contribution in [0.15, 0.2) is 64.8 Å². The predicted octanol–water partition coefficient (Wildman–Crippen LogP) is 2.95. The van der Waals surface area contributed by atoms with Gasteiger partial charge in [0.05, 0.1) is 11.4 Å². The Morgan fingerprint density at radius 3 is 2.61 bits per heavy atom. The Morgan fingerprint density at radius 2 is 1.86 bits per heavy atom. The van der Waals surface area contributed by atoms with Crippen LogP contribution in [0.5, 0.6) is 11.5 Å². The van der Waals surface area contributed by atoms with Crippen LogP contribution in [0.25, 0.3) is 16.4 Å². The number of thiazole rings is 1. The van der Waals surface area contributed by atoms with Crippen molar-refractivity contribution < 1.29 is 15.0 Å². The molecule has 8 nitrogen and oxygen atoms in total. The molecule has 2 aromatic carbocycles. The molecule has 0 aliphatic heterocycles. The molecule has 2 aromatic heterocycles. The molecule has 9 heteroatoms. The average molecular weight is 394 g/mol. The maximum atomic E-state index is 12.4. The molecule has 0 aliphatic rings. The lowest BCUT2D eigenvalue weighted by molar-refractivity contribution is 0.102. The van der Waals surface area contributed by atoms with E-state index in [0.29, 0.717) is 10.8 Å². The normalized spacial score (nSPS) is 10.7. The van der Waals surface area contributed by atoms with Gasteiger partial charge in [0.2, 0.25) is 5.13 Å². The fourth-order valence-electron chi connectivity index (χ4n) is 2.55. The van der Waals surface area contributed by atoms with Crippen LogP contribution in [0.4, 0.5) is 5.69 Å². The van der Waals surface area contributed by atoms with Gasteiger partial charge in [0.1, 0.15) is 17.2 Å². The summed E-state index contributed by atoms with van der Waals surface area (Å²) in [6.45, 7) is 0. The fourth-order valence-corrected chi connectivity index (χ4v) is 3.35. The second-order valence-corrected chi connectivity index (χ2v) is 6.71. The van der Waals surface area contributed by atoms with Gasteiger partial charge in [-0.2, -0.15) is 4.68 Å². The van der Waals surface area contributed by atoms with E-state index in [-0.39, 0.29) is 22.9 Å². The number of H-pyrrole nitrogens is 1. The van der Waals surface area contributed by atoms with E-state index >= 15 is 0 Å². The van der Waals surface area contributed by atoms with Gasteiger partial charge in [0, 0.05) is 17.0 Å². The highest BCUT2D eigenvalue weighted by atomic mass is 32.1. The topological polar surface area (TPSA) is 120 Å². The lowest BCUT2D eigenvalue weighted by atomic mass is 10.2. The summed E-state index contributed by atoms with van der Waals surface area (Å²) in [4.78, 5) is 29.1. The number of nitrogens with one attached hydrogen (secondary N) is 2. The van der Waals surface area contributed by atoms with E-state index in [4.69, 9.17) is 0 Å². The van der Waals surface area contributed by atoms with E-state index in [1.54, 1.807) is 47.8 Å². The first-order chi connectivity index (χ1) is 13.5. The number of para-hydroxylation sites is 2. The van der Waals surface area contributed by atoms with Crippen LogP contribution in [0.1, 0.15) is 10.5 Å². The number of carbonyl (C=O) groups excluding carboxylic acids is 1. The summed E-state index contributed by atoms with van der Waals surface area (Å²) in [7, 11) is 0.